The van der Waals surface area contributed by atoms with E-state index in [0.717, 1.165) is 12.0 Å². The van der Waals surface area contributed by atoms with Gasteiger partial charge in [-0.15, -0.1) is 0 Å². The van der Waals surface area contributed by atoms with Gasteiger partial charge in [0.25, 0.3) is 0 Å². The Kier molecular flexibility index (Phi) is 7.52. The van der Waals surface area contributed by atoms with Gasteiger partial charge < -0.3 is 4.90 Å². The number of hydrogen-bond acceptors (Lipinski definition) is 1. The molecule has 0 aromatic heterocycles. The quantitative estimate of drug-likeness (QED) is 0.563. The lowest BCUT2D eigenvalue weighted by Crippen LogP contribution is -2.44. The van der Waals surface area contributed by atoms with Crippen LogP contribution in [0.5, 0.6) is 0 Å². The van der Waals surface area contributed by atoms with E-state index in [0.29, 0.717) is 12.0 Å². The van der Waals surface area contributed by atoms with E-state index < -0.39 is 11.6 Å². The Bertz CT molecular complexity index is 730. The third kappa shape index (κ3) is 6.16. The third-order valence-electron chi connectivity index (χ3n) is 4.78. The summed E-state index contributed by atoms with van der Waals surface area (Å²) < 4.78 is 28.9. The van der Waals surface area contributed by atoms with E-state index in [2.05, 4.69) is 0 Å². The summed E-state index contributed by atoms with van der Waals surface area (Å²) in [6.07, 6.45) is 0.585. The predicted molar refractivity (Wildman–Crippen MR) is 106 cm³/mol. The maximum Gasteiger partial charge on any atom is 0.228 e. The monoisotopic (exact) mass is 373 g/mol. The average Bonchev–Trinajstić information content (AvgIpc) is 2.63. The lowest BCUT2D eigenvalue weighted by Gasteiger charge is -2.33. The van der Waals surface area contributed by atoms with Crippen molar-refractivity contribution >= 4 is 5.91 Å². The van der Waals surface area contributed by atoms with Gasteiger partial charge in [0.15, 0.2) is 0 Å². The number of rotatable bonds is 9. The van der Waals surface area contributed by atoms with Gasteiger partial charge in [-0.3, -0.25) is 4.79 Å². The molecule has 0 fully saturated rings. The summed E-state index contributed by atoms with van der Waals surface area (Å²) in [4.78, 5) is 14.6. The van der Waals surface area contributed by atoms with E-state index in [1.54, 1.807) is 18.2 Å². The van der Waals surface area contributed by atoms with Gasteiger partial charge in [-0.05, 0) is 18.1 Å². The molecule has 4 heteroatoms. The molecule has 1 amide bonds. The molecular weight excluding hydrogens is 344 g/mol. The smallest absolute Gasteiger partial charge is 0.228 e. The largest absolute Gasteiger partial charge is 0.335 e. The molecule has 2 aromatic carbocycles. The lowest BCUT2D eigenvalue weighted by molar-refractivity contribution is -0.142. The minimum atomic E-state index is -1.21. The SMILES string of the molecule is CCCC(C)(C)C(=O)N(Cc1ccccc1F)CC(F)Cc1ccccc1. The maximum absolute atomic E-state index is 14.8. The second-order valence-electron chi connectivity index (χ2n) is 7.70. The molecule has 2 aromatic rings. The molecule has 0 aliphatic rings. The molecule has 0 spiro atoms. The number of nitrogens with zero attached hydrogens (tertiary/aromatic N) is 1. The van der Waals surface area contributed by atoms with Crippen molar-refractivity contribution < 1.29 is 13.6 Å². The first-order chi connectivity index (χ1) is 12.8. The molecule has 0 heterocycles. The summed E-state index contributed by atoms with van der Waals surface area (Å²) in [7, 11) is 0. The van der Waals surface area contributed by atoms with Crippen molar-refractivity contribution in [1.29, 1.82) is 0 Å². The van der Waals surface area contributed by atoms with E-state index in [1.807, 2.05) is 51.1 Å². The molecule has 1 unspecified atom stereocenters. The molecule has 2 nitrogen and oxygen atoms in total. The van der Waals surface area contributed by atoms with Crippen molar-refractivity contribution in [1.82, 2.24) is 4.90 Å². The Morgan fingerprint density at radius 3 is 2.33 bits per heavy atom. The van der Waals surface area contributed by atoms with Crippen LogP contribution in [0.1, 0.15) is 44.7 Å². The van der Waals surface area contributed by atoms with Crippen LogP contribution in [0, 0.1) is 11.2 Å². The Labute approximate surface area is 161 Å². The Hall–Kier alpha value is -2.23. The maximum atomic E-state index is 14.8. The molecule has 0 saturated carbocycles. The topological polar surface area (TPSA) is 20.3 Å². The molecule has 27 heavy (non-hydrogen) atoms. The van der Waals surface area contributed by atoms with Gasteiger partial charge in [0.1, 0.15) is 12.0 Å². The number of carbonyl (C=O) groups is 1. The van der Waals surface area contributed by atoms with Crippen LogP contribution in [0.2, 0.25) is 0 Å². The highest BCUT2D eigenvalue weighted by atomic mass is 19.1. The van der Waals surface area contributed by atoms with Crippen molar-refractivity contribution in [2.24, 2.45) is 5.41 Å². The first-order valence-electron chi connectivity index (χ1n) is 9.54. The molecule has 0 radical (unpaired) electrons. The molecule has 2 rings (SSSR count). The summed E-state index contributed by atoms with van der Waals surface area (Å²) in [5, 5.41) is 0. The van der Waals surface area contributed by atoms with Crippen LogP contribution in [0.25, 0.3) is 0 Å². The van der Waals surface area contributed by atoms with Crippen LogP contribution < -0.4 is 0 Å². The first-order valence-corrected chi connectivity index (χ1v) is 9.54. The van der Waals surface area contributed by atoms with Gasteiger partial charge in [-0.1, -0.05) is 75.7 Å². The number of alkyl halides is 1. The minimum absolute atomic E-state index is 0.0464. The third-order valence-corrected chi connectivity index (χ3v) is 4.78. The van der Waals surface area contributed by atoms with Crippen LogP contribution in [-0.4, -0.2) is 23.5 Å². The van der Waals surface area contributed by atoms with Gasteiger partial charge in [0, 0.05) is 23.9 Å². The molecular formula is C23H29F2NO. The van der Waals surface area contributed by atoms with Gasteiger partial charge in [0.2, 0.25) is 5.91 Å². The van der Waals surface area contributed by atoms with Crippen LogP contribution >= 0.6 is 0 Å². The first kappa shape index (κ1) is 21.1. The van der Waals surface area contributed by atoms with Crippen molar-refractivity contribution in [3.63, 3.8) is 0 Å². The second-order valence-corrected chi connectivity index (χ2v) is 7.70. The minimum Gasteiger partial charge on any atom is -0.335 e. The summed E-state index contributed by atoms with van der Waals surface area (Å²) in [6.45, 7) is 5.79. The molecule has 0 N–H and O–H groups in total. The zero-order valence-corrected chi connectivity index (χ0v) is 16.4. The van der Waals surface area contributed by atoms with E-state index in [9.17, 15) is 13.6 Å². The number of halogens is 2. The highest BCUT2D eigenvalue weighted by molar-refractivity contribution is 5.82. The zero-order chi connectivity index (χ0) is 19.9. The highest BCUT2D eigenvalue weighted by Crippen LogP contribution is 2.27. The lowest BCUT2D eigenvalue weighted by atomic mass is 9.86. The molecule has 0 aliphatic heterocycles. The molecule has 1 atom stereocenters. The summed E-state index contributed by atoms with van der Waals surface area (Å²) in [6, 6.07) is 15.7. The Morgan fingerprint density at radius 1 is 1.07 bits per heavy atom. The van der Waals surface area contributed by atoms with Gasteiger partial charge in [-0.2, -0.15) is 0 Å². The van der Waals surface area contributed by atoms with Crippen molar-refractivity contribution in [3.8, 4) is 0 Å². The van der Waals surface area contributed by atoms with E-state index >= 15 is 0 Å². The fourth-order valence-electron chi connectivity index (χ4n) is 3.39. The number of hydrogen-bond donors (Lipinski definition) is 0. The summed E-state index contributed by atoms with van der Waals surface area (Å²) in [5.74, 6) is -0.509. The predicted octanol–water partition coefficient (Wildman–Crippen LogP) is 5.56. The van der Waals surface area contributed by atoms with Crippen LogP contribution in [0.3, 0.4) is 0 Å². The summed E-state index contributed by atoms with van der Waals surface area (Å²) in [5.41, 5.74) is 0.688. The fraction of sp³-hybridized carbons (Fsp3) is 0.435. The van der Waals surface area contributed by atoms with E-state index in [-0.39, 0.29) is 31.2 Å². The Balaban J connectivity index is 2.18. The van der Waals surface area contributed by atoms with Gasteiger partial charge in [-0.25, -0.2) is 8.78 Å². The van der Waals surface area contributed by atoms with E-state index in [4.69, 9.17) is 0 Å². The molecule has 0 bridgehead atoms. The van der Waals surface area contributed by atoms with Crippen LogP contribution in [0.4, 0.5) is 8.78 Å². The van der Waals surface area contributed by atoms with Gasteiger partial charge >= 0.3 is 0 Å². The average molecular weight is 373 g/mol. The van der Waals surface area contributed by atoms with Gasteiger partial charge in [0.05, 0.1) is 6.54 Å². The number of amides is 1. The molecule has 0 aliphatic carbocycles. The highest BCUT2D eigenvalue weighted by Gasteiger charge is 2.32. The standard InChI is InChI=1S/C23H29F2NO/c1-4-14-23(2,3)22(27)26(16-19-12-8-9-13-21(19)25)17-20(24)15-18-10-6-5-7-11-18/h5-13,20H,4,14-17H2,1-3H3. The van der Waals surface area contributed by atoms with Crippen LogP contribution in [0.15, 0.2) is 54.6 Å². The molecule has 0 saturated heterocycles. The second kappa shape index (κ2) is 9.63. The number of benzene rings is 2. The van der Waals surface area contributed by atoms with Crippen molar-refractivity contribution in [3.05, 3.63) is 71.5 Å². The normalized spacial score (nSPS) is 12.6. The zero-order valence-electron chi connectivity index (χ0n) is 16.4. The van der Waals surface area contributed by atoms with E-state index in [1.165, 1.54) is 11.0 Å². The fourth-order valence-corrected chi connectivity index (χ4v) is 3.39. The summed E-state index contributed by atoms with van der Waals surface area (Å²) >= 11 is 0. The number of carbonyl (C=O) groups excluding carboxylic acids is 1. The van der Waals surface area contributed by atoms with Crippen molar-refractivity contribution in [2.45, 2.75) is 52.8 Å². The van der Waals surface area contributed by atoms with Crippen molar-refractivity contribution in [2.75, 3.05) is 6.54 Å². The Morgan fingerprint density at radius 2 is 1.70 bits per heavy atom. The van der Waals surface area contributed by atoms with Crippen LogP contribution in [-0.2, 0) is 17.8 Å². The molecule has 146 valence electrons.